The number of rotatable bonds is 6. The minimum atomic E-state index is -1.07. The first-order chi connectivity index (χ1) is 12.5. The van der Waals surface area contributed by atoms with Crippen LogP contribution >= 0.6 is 0 Å². The van der Waals surface area contributed by atoms with Crippen LogP contribution in [0.2, 0.25) is 0 Å². The fraction of sp³-hybridized carbons (Fsp3) is 0.444. The number of likely N-dealkylation sites (N-methyl/N-ethyl adjacent to an activating group) is 2. The maximum absolute atomic E-state index is 13.6. The third kappa shape index (κ3) is 4.01. The zero-order valence-electron chi connectivity index (χ0n) is 14.7. The molecular weight excluding hydrogens is 344 g/mol. The number of benzene rings is 1. The number of aromatic nitrogens is 1. The molecule has 1 atom stereocenters. The van der Waals surface area contributed by atoms with Crippen molar-refractivity contribution >= 4 is 5.91 Å². The number of amides is 1. The Morgan fingerprint density at radius 1 is 1.46 bits per heavy atom. The summed E-state index contributed by atoms with van der Waals surface area (Å²) in [7, 11) is 3.77. The van der Waals surface area contributed by atoms with Crippen LogP contribution in [-0.2, 0) is 6.61 Å². The predicted molar refractivity (Wildman–Crippen MR) is 89.8 cm³/mol. The number of nitrogens with zero attached hydrogens (tertiary/aromatic N) is 3. The van der Waals surface area contributed by atoms with E-state index in [9.17, 15) is 13.6 Å². The first-order valence-corrected chi connectivity index (χ1v) is 8.42. The molecule has 6 nitrogen and oxygen atoms in total. The average molecular weight is 365 g/mol. The number of ether oxygens (including phenoxy) is 1. The summed E-state index contributed by atoms with van der Waals surface area (Å²) in [6.07, 6.45) is 3.44. The fourth-order valence-corrected chi connectivity index (χ4v) is 3.01. The molecule has 26 heavy (non-hydrogen) atoms. The highest BCUT2D eigenvalue weighted by molar-refractivity contribution is 5.91. The minimum Gasteiger partial charge on any atom is -0.481 e. The van der Waals surface area contributed by atoms with E-state index in [1.807, 2.05) is 7.05 Å². The molecule has 1 saturated heterocycles. The fourth-order valence-electron chi connectivity index (χ4n) is 3.01. The Morgan fingerprint density at radius 2 is 2.27 bits per heavy atom. The van der Waals surface area contributed by atoms with Gasteiger partial charge in [-0.1, -0.05) is 6.07 Å². The molecule has 0 unspecified atom stereocenters. The van der Waals surface area contributed by atoms with Gasteiger partial charge in [-0.3, -0.25) is 4.79 Å². The molecule has 0 aliphatic carbocycles. The van der Waals surface area contributed by atoms with Crippen molar-refractivity contribution in [1.29, 1.82) is 0 Å². The first kappa shape index (κ1) is 18.3. The second-order valence-electron chi connectivity index (χ2n) is 6.43. The molecule has 0 saturated carbocycles. The Hall–Kier alpha value is -2.48. The molecule has 1 aliphatic heterocycles. The molecule has 0 bridgehead atoms. The molecule has 140 valence electrons. The van der Waals surface area contributed by atoms with Crippen molar-refractivity contribution in [3.8, 4) is 5.75 Å². The van der Waals surface area contributed by atoms with Crippen LogP contribution in [0.5, 0.6) is 5.75 Å². The van der Waals surface area contributed by atoms with E-state index in [2.05, 4.69) is 9.88 Å². The molecule has 3 rings (SSSR count). The van der Waals surface area contributed by atoms with Gasteiger partial charge in [0.25, 0.3) is 5.91 Å². The average Bonchev–Trinajstić information content (AvgIpc) is 3.25. The van der Waals surface area contributed by atoms with Crippen LogP contribution in [0.4, 0.5) is 8.78 Å². The lowest BCUT2D eigenvalue weighted by Crippen LogP contribution is -2.39. The summed E-state index contributed by atoms with van der Waals surface area (Å²) in [6, 6.07) is 3.99. The summed E-state index contributed by atoms with van der Waals surface area (Å²) in [4.78, 5) is 20.4. The summed E-state index contributed by atoms with van der Waals surface area (Å²) in [5.41, 5.74) is 0.159. The molecule has 1 fully saturated rings. The van der Waals surface area contributed by atoms with E-state index < -0.39 is 11.6 Å². The zero-order chi connectivity index (χ0) is 18.7. The monoisotopic (exact) mass is 365 g/mol. The molecule has 1 aromatic carbocycles. The van der Waals surface area contributed by atoms with Crippen LogP contribution < -0.4 is 4.74 Å². The summed E-state index contributed by atoms with van der Waals surface area (Å²) in [6.45, 7) is 1.44. The van der Waals surface area contributed by atoms with Crippen molar-refractivity contribution in [3.05, 3.63) is 47.7 Å². The lowest BCUT2D eigenvalue weighted by atomic mass is 10.2. The summed E-state index contributed by atoms with van der Waals surface area (Å²) < 4.78 is 37.1. The molecule has 1 aromatic heterocycles. The van der Waals surface area contributed by atoms with Crippen molar-refractivity contribution in [2.24, 2.45) is 0 Å². The molecule has 8 heteroatoms. The highest BCUT2D eigenvalue weighted by Crippen LogP contribution is 2.20. The number of oxazole rings is 1. The van der Waals surface area contributed by atoms with E-state index >= 15 is 0 Å². The topological polar surface area (TPSA) is 58.8 Å². The van der Waals surface area contributed by atoms with Gasteiger partial charge in [0.15, 0.2) is 23.9 Å². The molecule has 2 heterocycles. The summed E-state index contributed by atoms with van der Waals surface area (Å²) >= 11 is 0. The molecule has 0 N–H and O–H groups in total. The first-order valence-electron chi connectivity index (χ1n) is 8.42. The van der Waals surface area contributed by atoms with Crippen molar-refractivity contribution in [2.45, 2.75) is 25.5 Å². The molecule has 1 aliphatic rings. The minimum absolute atomic E-state index is 0.114. The van der Waals surface area contributed by atoms with E-state index in [1.165, 1.54) is 18.4 Å². The molecule has 2 aromatic rings. The Labute approximate surface area is 150 Å². The maximum Gasteiger partial charge on any atom is 0.275 e. The third-order valence-electron chi connectivity index (χ3n) is 4.54. The lowest BCUT2D eigenvalue weighted by molar-refractivity contribution is 0.0755. The van der Waals surface area contributed by atoms with Crippen molar-refractivity contribution < 1.29 is 22.7 Å². The maximum atomic E-state index is 13.6. The number of carbonyl (C=O) groups excluding carboxylic acids is 1. The van der Waals surface area contributed by atoms with Gasteiger partial charge >= 0.3 is 0 Å². The van der Waals surface area contributed by atoms with Gasteiger partial charge in [-0.2, -0.15) is 4.39 Å². The van der Waals surface area contributed by atoms with E-state index in [0.29, 0.717) is 12.6 Å². The van der Waals surface area contributed by atoms with Gasteiger partial charge in [-0.05, 0) is 38.6 Å². The number of hydrogen-bond acceptors (Lipinski definition) is 5. The highest BCUT2D eigenvalue weighted by atomic mass is 19.2. The Balaban J connectivity index is 1.58. The van der Waals surface area contributed by atoms with E-state index in [4.69, 9.17) is 9.15 Å². The Kier molecular flexibility index (Phi) is 5.51. The van der Waals surface area contributed by atoms with Gasteiger partial charge in [0.1, 0.15) is 6.26 Å². The lowest BCUT2D eigenvalue weighted by Gasteiger charge is -2.25. The Bertz CT molecular complexity index is 781. The standard InChI is InChI=1S/C18H21F2N3O3/c1-22-8-4-5-12(22)9-23(2)18(24)14-10-26-16(21-14)11-25-15-7-3-6-13(19)17(15)20/h3,6-7,10,12H,4-5,8-9,11H2,1-2H3/t12-/m1/s1. The van der Waals surface area contributed by atoms with Gasteiger partial charge in [0.05, 0.1) is 0 Å². The largest absolute Gasteiger partial charge is 0.481 e. The number of carbonyl (C=O) groups is 1. The van der Waals surface area contributed by atoms with Crippen LogP contribution in [0.1, 0.15) is 29.2 Å². The molecular formula is C18H21F2N3O3. The smallest absolute Gasteiger partial charge is 0.275 e. The van der Waals surface area contributed by atoms with Crippen LogP contribution in [0.25, 0.3) is 0 Å². The second kappa shape index (κ2) is 7.82. The quantitative estimate of drug-likeness (QED) is 0.788. The number of hydrogen-bond donors (Lipinski definition) is 0. The van der Waals surface area contributed by atoms with Crippen LogP contribution in [0, 0.1) is 11.6 Å². The van der Waals surface area contributed by atoms with Crippen molar-refractivity contribution in [2.75, 3.05) is 27.2 Å². The molecule has 0 radical (unpaired) electrons. The van der Waals surface area contributed by atoms with E-state index in [1.54, 1.807) is 11.9 Å². The van der Waals surface area contributed by atoms with Crippen LogP contribution in [-0.4, -0.2) is 53.9 Å². The number of halogens is 2. The van der Waals surface area contributed by atoms with Crippen molar-refractivity contribution in [3.63, 3.8) is 0 Å². The van der Waals surface area contributed by atoms with Gasteiger partial charge in [-0.25, -0.2) is 9.37 Å². The van der Waals surface area contributed by atoms with Gasteiger partial charge in [0.2, 0.25) is 11.7 Å². The second-order valence-corrected chi connectivity index (χ2v) is 6.43. The predicted octanol–water partition coefficient (Wildman–Crippen LogP) is 2.70. The zero-order valence-corrected chi connectivity index (χ0v) is 14.7. The Morgan fingerprint density at radius 3 is 3.00 bits per heavy atom. The molecule has 1 amide bonds. The third-order valence-corrected chi connectivity index (χ3v) is 4.54. The summed E-state index contributed by atoms with van der Waals surface area (Å²) in [5, 5.41) is 0. The SMILES string of the molecule is CN(C[C@H]1CCCN1C)C(=O)c1coc(COc2cccc(F)c2F)n1. The van der Waals surface area contributed by atoms with Gasteiger partial charge < -0.3 is 19.0 Å². The van der Waals surface area contributed by atoms with Crippen LogP contribution in [0.15, 0.2) is 28.9 Å². The van der Waals surface area contributed by atoms with E-state index in [0.717, 1.165) is 25.5 Å². The molecule has 0 spiro atoms. The normalized spacial score (nSPS) is 17.5. The van der Waals surface area contributed by atoms with Crippen molar-refractivity contribution in [1.82, 2.24) is 14.8 Å². The van der Waals surface area contributed by atoms with Crippen LogP contribution in [0.3, 0.4) is 0 Å². The van der Waals surface area contributed by atoms with E-state index in [-0.39, 0.29) is 29.8 Å². The van der Waals surface area contributed by atoms with Gasteiger partial charge in [0, 0.05) is 19.6 Å². The summed E-state index contributed by atoms with van der Waals surface area (Å²) in [5.74, 6) is -2.45. The highest BCUT2D eigenvalue weighted by Gasteiger charge is 2.25. The van der Waals surface area contributed by atoms with Gasteiger partial charge in [-0.15, -0.1) is 0 Å². The number of likely N-dealkylation sites (tertiary alicyclic amines) is 1.